The maximum Gasteiger partial charge on any atom is 0.252 e. The zero-order valence-electron chi connectivity index (χ0n) is 9.51. The molecule has 2 heterocycles. The molecule has 0 aliphatic heterocycles. The van der Waals surface area contributed by atoms with Gasteiger partial charge in [-0.25, -0.2) is 9.97 Å². The van der Waals surface area contributed by atoms with Crippen molar-refractivity contribution in [1.82, 2.24) is 19.7 Å². The summed E-state index contributed by atoms with van der Waals surface area (Å²) in [5.41, 5.74) is 6.81. The number of hydrogen-bond donors (Lipinski definition) is 2. The first kappa shape index (κ1) is 11.1. The lowest BCUT2D eigenvalue weighted by molar-refractivity contribution is 0.0999. The molecule has 7 heteroatoms. The van der Waals surface area contributed by atoms with E-state index in [1.807, 2.05) is 7.05 Å². The van der Waals surface area contributed by atoms with Crippen LogP contribution < -0.4 is 11.1 Å². The molecule has 0 aliphatic carbocycles. The molecule has 1 amide bonds. The average Bonchev–Trinajstić information content (AvgIpc) is 2.63. The standard InChI is InChI=1S/C10H12N6O/c1-6-8(9(11)17)4-12-10(14-6)15-7-3-13-16(2)5-7/h3-5H,1-2H3,(H2,11,17)(H,12,14,15). The highest BCUT2D eigenvalue weighted by Gasteiger charge is 2.08. The van der Waals surface area contributed by atoms with Gasteiger partial charge in [0.05, 0.1) is 23.1 Å². The van der Waals surface area contributed by atoms with Gasteiger partial charge in [-0.3, -0.25) is 9.48 Å². The van der Waals surface area contributed by atoms with Crippen LogP contribution >= 0.6 is 0 Å². The minimum Gasteiger partial charge on any atom is -0.365 e. The Balaban J connectivity index is 2.23. The molecule has 17 heavy (non-hydrogen) atoms. The average molecular weight is 232 g/mol. The molecule has 7 nitrogen and oxygen atoms in total. The molecule has 0 atom stereocenters. The molecule has 0 saturated carbocycles. The molecular weight excluding hydrogens is 220 g/mol. The summed E-state index contributed by atoms with van der Waals surface area (Å²) in [5.74, 6) is -0.129. The van der Waals surface area contributed by atoms with Crippen molar-refractivity contribution in [2.45, 2.75) is 6.92 Å². The van der Waals surface area contributed by atoms with Gasteiger partial charge >= 0.3 is 0 Å². The van der Waals surface area contributed by atoms with Crippen LogP contribution in [0.25, 0.3) is 0 Å². The maximum absolute atomic E-state index is 11.0. The Morgan fingerprint density at radius 1 is 1.47 bits per heavy atom. The lowest BCUT2D eigenvalue weighted by Gasteiger charge is -2.04. The summed E-state index contributed by atoms with van der Waals surface area (Å²) in [6, 6.07) is 0. The molecule has 0 unspecified atom stereocenters. The van der Waals surface area contributed by atoms with E-state index in [1.54, 1.807) is 24.0 Å². The second kappa shape index (κ2) is 4.20. The first-order valence-electron chi connectivity index (χ1n) is 4.95. The number of aromatic nitrogens is 4. The molecule has 0 aliphatic rings. The van der Waals surface area contributed by atoms with Crippen LogP contribution in [0.3, 0.4) is 0 Å². The molecule has 3 N–H and O–H groups in total. The predicted molar refractivity (Wildman–Crippen MR) is 61.8 cm³/mol. The number of amides is 1. The number of carbonyl (C=O) groups excluding carboxylic acids is 1. The van der Waals surface area contributed by atoms with E-state index in [1.165, 1.54) is 6.20 Å². The van der Waals surface area contributed by atoms with E-state index < -0.39 is 5.91 Å². The van der Waals surface area contributed by atoms with Gasteiger partial charge in [-0.15, -0.1) is 0 Å². The van der Waals surface area contributed by atoms with Crippen molar-refractivity contribution in [1.29, 1.82) is 0 Å². The van der Waals surface area contributed by atoms with Gasteiger partial charge in [-0.2, -0.15) is 5.10 Å². The number of primary amides is 1. The van der Waals surface area contributed by atoms with E-state index in [-0.39, 0.29) is 0 Å². The smallest absolute Gasteiger partial charge is 0.252 e. The van der Waals surface area contributed by atoms with Crippen LogP contribution in [0.15, 0.2) is 18.6 Å². The van der Waals surface area contributed by atoms with E-state index >= 15 is 0 Å². The Kier molecular flexibility index (Phi) is 2.73. The quantitative estimate of drug-likeness (QED) is 0.796. The number of nitrogens with one attached hydrogen (secondary N) is 1. The Hall–Kier alpha value is -2.44. The maximum atomic E-state index is 11.0. The Morgan fingerprint density at radius 2 is 2.24 bits per heavy atom. The van der Waals surface area contributed by atoms with Gasteiger partial charge in [0.2, 0.25) is 5.95 Å². The summed E-state index contributed by atoms with van der Waals surface area (Å²) in [4.78, 5) is 19.1. The Morgan fingerprint density at radius 3 is 2.76 bits per heavy atom. The van der Waals surface area contributed by atoms with E-state index in [0.29, 0.717) is 17.2 Å². The first-order chi connectivity index (χ1) is 8.06. The number of carbonyl (C=O) groups is 1. The van der Waals surface area contributed by atoms with E-state index in [4.69, 9.17) is 5.73 Å². The van der Waals surface area contributed by atoms with Gasteiger partial charge in [0.1, 0.15) is 0 Å². The van der Waals surface area contributed by atoms with Crippen LogP contribution in [0.1, 0.15) is 16.1 Å². The van der Waals surface area contributed by atoms with Crippen molar-refractivity contribution < 1.29 is 4.79 Å². The van der Waals surface area contributed by atoms with Crippen molar-refractivity contribution in [2.24, 2.45) is 12.8 Å². The monoisotopic (exact) mass is 232 g/mol. The highest BCUT2D eigenvalue weighted by atomic mass is 16.1. The van der Waals surface area contributed by atoms with Crippen LogP contribution in [0.5, 0.6) is 0 Å². The fraction of sp³-hybridized carbons (Fsp3) is 0.200. The molecule has 2 aromatic rings. The first-order valence-corrected chi connectivity index (χ1v) is 4.95. The summed E-state index contributed by atoms with van der Waals surface area (Å²) < 4.78 is 1.66. The summed E-state index contributed by atoms with van der Waals surface area (Å²) >= 11 is 0. The van der Waals surface area contributed by atoms with Crippen molar-refractivity contribution in [3.63, 3.8) is 0 Å². The van der Waals surface area contributed by atoms with Crippen LogP contribution in [0.2, 0.25) is 0 Å². The number of anilines is 2. The summed E-state index contributed by atoms with van der Waals surface area (Å²) in [7, 11) is 1.81. The Bertz CT molecular complexity index is 562. The third-order valence-electron chi connectivity index (χ3n) is 2.21. The summed E-state index contributed by atoms with van der Waals surface area (Å²) in [5, 5.41) is 6.98. The van der Waals surface area contributed by atoms with Crippen LogP contribution in [-0.4, -0.2) is 25.7 Å². The molecule has 0 spiro atoms. The third-order valence-corrected chi connectivity index (χ3v) is 2.21. The summed E-state index contributed by atoms with van der Waals surface area (Å²) in [6.45, 7) is 1.70. The SMILES string of the molecule is Cc1nc(Nc2cnn(C)c2)ncc1C(N)=O. The van der Waals surface area contributed by atoms with E-state index in [0.717, 1.165) is 5.69 Å². The third kappa shape index (κ3) is 2.39. The molecule has 0 fully saturated rings. The fourth-order valence-electron chi connectivity index (χ4n) is 1.38. The lowest BCUT2D eigenvalue weighted by atomic mass is 10.2. The highest BCUT2D eigenvalue weighted by molar-refractivity contribution is 5.93. The van der Waals surface area contributed by atoms with Crippen LogP contribution in [-0.2, 0) is 7.05 Å². The van der Waals surface area contributed by atoms with Gasteiger partial charge in [-0.05, 0) is 6.92 Å². The zero-order valence-corrected chi connectivity index (χ0v) is 9.51. The molecule has 88 valence electrons. The molecule has 0 saturated heterocycles. The fourth-order valence-corrected chi connectivity index (χ4v) is 1.38. The van der Waals surface area contributed by atoms with Crippen molar-refractivity contribution in [2.75, 3.05) is 5.32 Å². The zero-order chi connectivity index (χ0) is 12.4. The lowest BCUT2D eigenvalue weighted by Crippen LogP contribution is -2.14. The van der Waals surface area contributed by atoms with Crippen molar-refractivity contribution in [3.05, 3.63) is 29.8 Å². The van der Waals surface area contributed by atoms with Crippen molar-refractivity contribution >= 4 is 17.5 Å². The second-order valence-corrected chi connectivity index (χ2v) is 3.58. The molecule has 0 radical (unpaired) electrons. The number of rotatable bonds is 3. The molecule has 0 aromatic carbocycles. The number of nitrogens with two attached hydrogens (primary N) is 1. The van der Waals surface area contributed by atoms with Gasteiger partial charge in [0.15, 0.2) is 0 Å². The molecular formula is C10H12N6O. The molecule has 2 aromatic heterocycles. The molecule has 2 rings (SSSR count). The minimum atomic E-state index is -0.532. The second-order valence-electron chi connectivity index (χ2n) is 3.58. The highest BCUT2D eigenvalue weighted by Crippen LogP contribution is 2.12. The summed E-state index contributed by atoms with van der Waals surface area (Å²) in [6.07, 6.45) is 4.85. The topological polar surface area (TPSA) is 98.7 Å². The normalized spacial score (nSPS) is 10.2. The van der Waals surface area contributed by atoms with Crippen LogP contribution in [0, 0.1) is 6.92 Å². The van der Waals surface area contributed by atoms with E-state index in [9.17, 15) is 4.79 Å². The van der Waals surface area contributed by atoms with E-state index in [2.05, 4.69) is 20.4 Å². The number of hydrogen-bond acceptors (Lipinski definition) is 5. The molecule has 0 bridgehead atoms. The van der Waals surface area contributed by atoms with Crippen LogP contribution in [0.4, 0.5) is 11.6 Å². The predicted octanol–water partition coefficient (Wildman–Crippen LogP) is 0.361. The van der Waals surface area contributed by atoms with Crippen molar-refractivity contribution in [3.8, 4) is 0 Å². The van der Waals surface area contributed by atoms with Gasteiger partial charge in [-0.1, -0.05) is 0 Å². The van der Waals surface area contributed by atoms with Gasteiger partial charge in [0, 0.05) is 19.4 Å². The largest absolute Gasteiger partial charge is 0.365 e. The minimum absolute atomic E-state index is 0.321. The van der Waals surface area contributed by atoms with Gasteiger partial charge < -0.3 is 11.1 Å². The number of nitrogens with zero attached hydrogens (tertiary/aromatic N) is 4. The van der Waals surface area contributed by atoms with Gasteiger partial charge in [0.25, 0.3) is 5.91 Å². The number of aryl methyl sites for hydroxylation is 2. The Labute approximate surface area is 97.7 Å².